The average Bonchev–Trinajstić information content (AvgIpc) is 3.10. The Labute approximate surface area is 134 Å². The van der Waals surface area contributed by atoms with Gasteiger partial charge in [0.2, 0.25) is 0 Å². The lowest BCUT2D eigenvalue weighted by Gasteiger charge is -2.02. The number of aromatic nitrogens is 3. The van der Waals surface area contributed by atoms with Crippen molar-refractivity contribution in [1.29, 1.82) is 0 Å². The average molecular weight is 332 g/mol. The minimum Gasteiger partial charge on any atom is -0.296 e. The maximum Gasteiger partial charge on any atom is 0.277 e. The van der Waals surface area contributed by atoms with E-state index < -0.39 is 0 Å². The molecule has 1 N–H and O–H groups in total. The number of aryl methyl sites for hydroxylation is 2. The second kappa shape index (κ2) is 5.82. The van der Waals surface area contributed by atoms with Crippen molar-refractivity contribution in [2.24, 2.45) is 7.05 Å². The molecule has 0 unspecified atom stereocenters. The minimum absolute atomic E-state index is 0.172. The summed E-state index contributed by atoms with van der Waals surface area (Å²) in [5.41, 5.74) is 0.749. The molecular formula is C14H12N4O2S2. The van der Waals surface area contributed by atoms with Gasteiger partial charge in [0.05, 0.1) is 10.6 Å². The van der Waals surface area contributed by atoms with Crippen molar-refractivity contribution in [1.82, 2.24) is 14.8 Å². The highest BCUT2D eigenvalue weighted by Crippen LogP contribution is 2.30. The lowest BCUT2D eigenvalue weighted by atomic mass is 10.3. The monoisotopic (exact) mass is 332 g/mol. The van der Waals surface area contributed by atoms with Gasteiger partial charge < -0.3 is 0 Å². The molecule has 0 aromatic carbocycles. The summed E-state index contributed by atoms with van der Waals surface area (Å²) < 4.78 is 1.12. The van der Waals surface area contributed by atoms with Crippen LogP contribution in [0.15, 0.2) is 34.4 Å². The molecule has 3 aromatic heterocycles. The summed E-state index contributed by atoms with van der Waals surface area (Å²) in [5.74, 6) is -0.390. The molecule has 0 atom stereocenters. The van der Waals surface area contributed by atoms with Crippen LogP contribution in [0.4, 0.5) is 5.13 Å². The van der Waals surface area contributed by atoms with E-state index in [4.69, 9.17) is 0 Å². The van der Waals surface area contributed by atoms with Crippen molar-refractivity contribution in [2.75, 3.05) is 5.32 Å². The predicted octanol–water partition coefficient (Wildman–Crippen LogP) is 2.53. The molecule has 0 radical (unpaired) electrons. The largest absolute Gasteiger partial charge is 0.296 e. The second-order valence-electron chi connectivity index (χ2n) is 4.58. The van der Waals surface area contributed by atoms with Crippen LogP contribution in [0.25, 0.3) is 10.6 Å². The SMILES string of the molecule is Cc1ccc(-c2csc(NC(=O)c3ccc(=O)n(C)n3)n2)s1. The molecule has 1 amide bonds. The molecule has 3 rings (SSSR count). The van der Waals surface area contributed by atoms with Crippen molar-refractivity contribution in [3.63, 3.8) is 0 Å². The topological polar surface area (TPSA) is 76.9 Å². The third-order valence-corrected chi connectivity index (χ3v) is 4.69. The van der Waals surface area contributed by atoms with Gasteiger partial charge in [-0.05, 0) is 25.1 Å². The number of rotatable bonds is 3. The van der Waals surface area contributed by atoms with Gasteiger partial charge in [-0.25, -0.2) is 9.67 Å². The van der Waals surface area contributed by atoms with E-state index in [0.29, 0.717) is 5.13 Å². The Morgan fingerprint density at radius 2 is 2.09 bits per heavy atom. The highest BCUT2D eigenvalue weighted by Gasteiger charge is 2.12. The van der Waals surface area contributed by atoms with Gasteiger partial charge in [0.25, 0.3) is 11.5 Å². The zero-order valence-corrected chi connectivity index (χ0v) is 13.5. The summed E-state index contributed by atoms with van der Waals surface area (Å²) >= 11 is 3.01. The van der Waals surface area contributed by atoms with Crippen molar-refractivity contribution in [2.45, 2.75) is 6.92 Å². The molecule has 0 bridgehead atoms. The van der Waals surface area contributed by atoms with E-state index in [0.717, 1.165) is 15.3 Å². The fraction of sp³-hybridized carbons (Fsp3) is 0.143. The van der Waals surface area contributed by atoms with Gasteiger partial charge in [0, 0.05) is 23.4 Å². The Hall–Kier alpha value is -2.32. The van der Waals surface area contributed by atoms with Crippen LogP contribution in [0.2, 0.25) is 0 Å². The van der Waals surface area contributed by atoms with E-state index >= 15 is 0 Å². The van der Waals surface area contributed by atoms with Gasteiger partial charge in [-0.3, -0.25) is 14.9 Å². The third-order valence-electron chi connectivity index (χ3n) is 2.91. The molecule has 112 valence electrons. The van der Waals surface area contributed by atoms with Crippen LogP contribution >= 0.6 is 22.7 Å². The lowest BCUT2D eigenvalue weighted by Crippen LogP contribution is -2.23. The molecule has 0 aliphatic rings. The van der Waals surface area contributed by atoms with Crippen LogP contribution in [-0.4, -0.2) is 20.7 Å². The molecule has 0 saturated heterocycles. The maximum atomic E-state index is 12.1. The number of carbonyl (C=O) groups is 1. The molecule has 0 saturated carbocycles. The smallest absolute Gasteiger partial charge is 0.277 e. The summed E-state index contributed by atoms with van der Waals surface area (Å²) in [6.07, 6.45) is 0. The Kier molecular flexibility index (Phi) is 3.86. The molecule has 0 aliphatic carbocycles. The summed E-state index contributed by atoms with van der Waals surface area (Å²) in [6.45, 7) is 2.04. The van der Waals surface area contributed by atoms with Crippen molar-refractivity contribution >= 4 is 33.7 Å². The number of anilines is 1. The predicted molar refractivity (Wildman–Crippen MR) is 87.6 cm³/mol. The maximum absolute atomic E-state index is 12.1. The van der Waals surface area contributed by atoms with Crippen LogP contribution < -0.4 is 10.9 Å². The van der Waals surface area contributed by atoms with Crippen LogP contribution in [-0.2, 0) is 7.05 Å². The van der Waals surface area contributed by atoms with E-state index in [1.165, 1.54) is 35.4 Å². The number of hydrogen-bond acceptors (Lipinski definition) is 6. The van der Waals surface area contributed by atoms with Crippen LogP contribution in [0.1, 0.15) is 15.4 Å². The van der Waals surface area contributed by atoms with E-state index in [-0.39, 0.29) is 17.2 Å². The first-order chi connectivity index (χ1) is 10.5. The number of amides is 1. The lowest BCUT2D eigenvalue weighted by molar-refractivity contribution is 0.102. The second-order valence-corrected chi connectivity index (χ2v) is 6.73. The minimum atomic E-state index is -0.390. The summed E-state index contributed by atoms with van der Waals surface area (Å²) in [6, 6.07) is 6.75. The molecule has 22 heavy (non-hydrogen) atoms. The van der Waals surface area contributed by atoms with Gasteiger partial charge >= 0.3 is 0 Å². The molecule has 0 aliphatic heterocycles. The molecular weight excluding hydrogens is 320 g/mol. The quantitative estimate of drug-likeness (QED) is 0.799. The Balaban J connectivity index is 1.78. The van der Waals surface area contributed by atoms with Crippen molar-refractivity contribution in [3.05, 3.63) is 50.6 Å². The van der Waals surface area contributed by atoms with Crippen LogP contribution in [0, 0.1) is 6.92 Å². The molecule has 3 aromatic rings. The van der Waals surface area contributed by atoms with E-state index in [1.54, 1.807) is 11.3 Å². The Bertz CT molecular complexity index is 894. The molecule has 0 spiro atoms. The number of thiazole rings is 1. The first-order valence-corrected chi connectivity index (χ1v) is 8.10. The number of nitrogens with zero attached hydrogens (tertiary/aromatic N) is 3. The summed E-state index contributed by atoms with van der Waals surface area (Å²) in [7, 11) is 1.50. The van der Waals surface area contributed by atoms with E-state index in [2.05, 4.69) is 15.4 Å². The molecule has 0 fully saturated rings. The summed E-state index contributed by atoms with van der Waals surface area (Å²) in [4.78, 5) is 30.1. The fourth-order valence-corrected chi connectivity index (χ4v) is 3.41. The summed E-state index contributed by atoms with van der Waals surface area (Å²) in [5, 5.41) is 9.00. The highest BCUT2D eigenvalue weighted by molar-refractivity contribution is 7.17. The van der Waals surface area contributed by atoms with Crippen molar-refractivity contribution in [3.8, 4) is 10.6 Å². The fourth-order valence-electron chi connectivity index (χ4n) is 1.80. The number of hydrogen-bond donors (Lipinski definition) is 1. The van der Waals surface area contributed by atoms with E-state index in [1.807, 2.05) is 24.4 Å². The van der Waals surface area contributed by atoms with Gasteiger partial charge in [0.15, 0.2) is 5.13 Å². The standard InChI is InChI=1S/C14H12N4O2S2/c1-8-3-5-11(22-8)10-7-21-14(15-10)16-13(20)9-4-6-12(19)18(2)17-9/h3-7H,1-2H3,(H,15,16,20). The zero-order valence-electron chi connectivity index (χ0n) is 11.9. The molecule has 8 heteroatoms. The third kappa shape index (κ3) is 2.97. The van der Waals surface area contributed by atoms with E-state index in [9.17, 15) is 9.59 Å². The first-order valence-electron chi connectivity index (χ1n) is 6.41. The van der Waals surface area contributed by atoms with Gasteiger partial charge in [-0.2, -0.15) is 5.10 Å². The van der Waals surface area contributed by atoms with Gasteiger partial charge in [-0.1, -0.05) is 0 Å². The zero-order chi connectivity index (χ0) is 15.7. The van der Waals surface area contributed by atoms with Crippen LogP contribution in [0.5, 0.6) is 0 Å². The highest BCUT2D eigenvalue weighted by atomic mass is 32.1. The first kappa shape index (κ1) is 14.6. The van der Waals surface area contributed by atoms with Gasteiger partial charge in [-0.15, -0.1) is 22.7 Å². The number of carbonyl (C=O) groups excluding carboxylic acids is 1. The number of thiophene rings is 1. The Morgan fingerprint density at radius 3 is 2.77 bits per heavy atom. The Morgan fingerprint density at radius 1 is 1.27 bits per heavy atom. The molecule has 3 heterocycles. The molecule has 6 nitrogen and oxygen atoms in total. The van der Waals surface area contributed by atoms with Crippen LogP contribution in [0.3, 0.4) is 0 Å². The van der Waals surface area contributed by atoms with Crippen molar-refractivity contribution < 1.29 is 4.79 Å². The normalized spacial score (nSPS) is 10.6. The van der Waals surface area contributed by atoms with Gasteiger partial charge in [0.1, 0.15) is 5.69 Å². The number of nitrogens with one attached hydrogen (secondary N) is 1.